The van der Waals surface area contributed by atoms with Crippen LogP contribution in [0.1, 0.15) is 60.5 Å². The molecule has 0 fully saturated rings. The van der Waals surface area contributed by atoms with Crippen molar-refractivity contribution in [2.75, 3.05) is 13.4 Å². The summed E-state index contributed by atoms with van der Waals surface area (Å²) < 4.78 is 29.1. The minimum Gasteiger partial charge on any atom is -0.465 e. The van der Waals surface area contributed by atoms with E-state index in [9.17, 15) is 13.2 Å². The fraction of sp³-hybridized carbons (Fsp3) is 0.562. The minimum atomic E-state index is -3.41. The van der Waals surface area contributed by atoms with Gasteiger partial charge in [0.15, 0.2) is 9.84 Å². The van der Waals surface area contributed by atoms with Gasteiger partial charge in [-0.1, -0.05) is 26.3 Å². The molecule has 0 bridgehead atoms. The minimum absolute atomic E-state index is 0.185. The lowest BCUT2D eigenvalue weighted by atomic mass is 9.90. The second-order valence-corrected chi connectivity index (χ2v) is 7.27. The van der Waals surface area contributed by atoms with Crippen LogP contribution in [0.4, 0.5) is 0 Å². The average molecular weight is 312 g/mol. The summed E-state index contributed by atoms with van der Waals surface area (Å²) in [6.07, 6.45) is 3.97. The van der Waals surface area contributed by atoms with E-state index in [1.54, 1.807) is 19.1 Å². The van der Waals surface area contributed by atoms with Crippen molar-refractivity contribution in [2.24, 2.45) is 0 Å². The fourth-order valence-corrected chi connectivity index (χ4v) is 4.11. The molecule has 1 unspecified atom stereocenters. The van der Waals surface area contributed by atoms with E-state index in [4.69, 9.17) is 4.74 Å². The summed E-state index contributed by atoms with van der Waals surface area (Å²) in [6.45, 7) is 5.80. The van der Waals surface area contributed by atoms with Crippen molar-refractivity contribution in [1.29, 1.82) is 0 Å². The first-order valence-electron chi connectivity index (χ1n) is 7.19. The average Bonchev–Trinajstić information content (AvgIpc) is 2.42. The Morgan fingerprint density at radius 2 is 1.90 bits per heavy atom. The Morgan fingerprint density at radius 3 is 2.33 bits per heavy atom. The number of carbonyl (C=O) groups excluding carboxylic acids is 1. The van der Waals surface area contributed by atoms with E-state index in [0.717, 1.165) is 24.8 Å². The van der Waals surface area contributed by atoms with Crippen LogP contribution in [-0.4, -0.2) is 27.8 Å². The van der Waals surface area contributed by atoms with Crippen molar-refractivity contribution in [3.05, 3.63) is 28.8 Å². The maximum atomic E-state index is 12.2. The second kappa shape index (κ2) is 7.07. The molecular weight excluding hydrogens is 288 g/mol. The van der Waals surface area contributed by atoms with Crippen LogP contribution in [0.2, 0.25) is 0 Å². The van der Waals surface area contributed by atoms with E-state index in [0.29, 0.717) is 11.1 Å². The Morgan fingerprint density at radius 1 is 1.29 bits per heavy atom. The zero-order chi connectivity index (χ0) is 16.2. The fourth-order valence-electron chi connectivity index (χ4n) is 2.79. The third-order valence-corrected chi connectivity index (χ3v) is 5.07. The standard InChI is InChI=1S/C16H24O4S/c1-6-8-12(7-2)14-10-9-13(16(17)20-4)11(3)15(14)21(5,18)19/h9-10,12H,6-8H2,1-5H3. The molecule has 21 heavy (non-hydrogen) atoms. The quantitative estimate of drug-likeness (QED) is 0.755. The lowest BCUT2D eigenvalue weighted by molar-refractivity contribution is 0.0599. The molecule has 0 aromatic heterocycles. The van der Waals surface area contributed by atoms with Gasteiger partial charge in [0.1, 0.15) is 0 Å². The van der Waals surface area contributed by atoms with Crippen LogP contribution in [0.25, 0.3) is 0 Å². The first-order chi connectivity index (χ1) is 9.77. The number of sulfone groups is 1. The Balaban J connectivity index is 3.60. The Bertz CT molecular complexity index is 617. The van der Waals surface area contributed by atoms with Crippen molar-refractivity contribution < 1.29 is 17.9 Å². The van der Waals surface area contributed by atoms with Crippen LogP contribution in [-0.2, 0) is 14.6 Å². The Hall–Kier alpha value is -1.36. The topological polar surface area (TPSA) is 60.4 Å². The normalized spacial score (nSPS) is 13.0. The third kappa shape index (κ3) is 3.84. The van der Waals surface area contributed by atoms with Gasteiger partial charge in [0.2, 0.25) is 0 Å². The zero-order valence-corrected chi connectivity index (χ0v) is 14.2. The molecule has 118 valence electrons. The van der Waals surface area contributed by atoms with Gasteiger partial charge in [0.25, 0.3) is 0 Å². The van der Waals surface area contributed by atoms with E-state index in [1.807, 2.05) is 0 Å². The van der Waals surface area contributed by atoms with E-state index in [1.165, 1.54) is 13.4 Å². The van der Waals surface area contributed by atoms with Crippen LogP contribution in [0.3, 0.4) is 0 Å². The van der Waals surface area contributed by atoms with Crippen LogP contribution < -0.4 is 0 Å². The third-order valence-electron chi connectivity index (χ3n) is 3.78. The summed E-state index contributed by atoms with van der Waals surface area (Å²) in [7, 11) is -2.12. The second-order valence-electron chi connectivity index (χ2n) is 5.31. The Kier molecular flexibility index (Phi) is 5.96. The van der Waals surface area contributed by atoms with Crippen molar-refractivity contribution in [3.63, 3.8) is 0 Å². The predicted octanol–water partition coefficient (Wildman–Crippen LogP) is 3.48. The van der Waals surface area contributed by atoms with Crippen LogP contribution in [0.15, 0.2) is 17.0 Å². The molecule has 1 rings (SSSR count). The lowest BCUT2D eigenvalue weighted by Crippen LogP contribution is -2.13. The zero-order valence-electron chi connectivity index (χ0n) is 13.4. The highest BCUT2D eigenvalue weighted by Crippen LogP contribution is 2.33. The van der Waals surface area contributed by atoms with E-state index < -0.39 is 15.8 Å². The van der Waals surface area contributed by atoms with Gasteiger partial charge < -0.3 is 4.74 Å². The first kappa shape index (κ1) is 17.7. The SMILES string of the molecule is CCCC(CC)c1ccc(C(=O)OC)c(C)c1S(C)(=O)=O. The number of hydrogen-bond acceptors (Lipinski definition) is 4. The lowest BCUT2D eigenvalue weighted by Gasteiger charge is -2.20. The Labute approximate surface area is 127 Å². The number of esters is 1. The molecule has 1 aromatic rings. The van der Waals surface area contributed by atoms with Gasteiger partial charge in [-0.15, -0.1) is 0 Å². The summed E-state index contributed by atoms with van der Waals surface area (Å²) in [5.41, 5.74) is 1.61. The number of ether oxygens (including phenoxy) is 1. The van der Waals surface area contributed by atoms with Crippen molar-refractivity contribution in [1.82, 2.24) is 0 Å². The van der Waals surface area contributed by atoms with Gasteiger partial charge in [-0.05, 0) is 42.9 Å². The van der Waals surface area contributed by atoms with Crippen LogP contribution in [0.5, 0.6) is 0 Å². The van der Waals surface area contributed by atoms with Gasteiger partial charge in [-0.2, -0.15) is 0 Å². The molecule has 1 atom stereocenters. The number of carbonyl (C=O) groups is 1. The molecule has 0 spiro atoms. The maximum absolute atomic E-state index is 12.2. The first-order valence-corrected chi connectivity index (χ1v) is 9.08. The van der Waals surface area contributed by atoms with E-state index in [-0.39, 0.29) is 10.8 Å². The summed E-state index contributed by atoms with van der Waals surface area (Å²) in [4.78, 5) is 12.1. The highest BCUT2D eigenvalue weighted by Gasteiger charge is 2.25. The molecule has 4 nitrogen and oxygen atoms in total. The number of hydrogen-bond donors (Lipinski definition) is 0. The molecule has 1 aromatic carbocycles. The summed E-state index contributed by atoms with van der Waals surface area (Å²) in [5, 5.41) is 0. The number of benzene rings is 1. The van der Waals surface area contributed by atoms with Crippen LogP contribution in [0, 0.1) is 6.92 Å². The molecule has 0 radical (unpaired) electrons. The van der Waals surface area contributed by atoms with Gasteiger partial charge in [0.05, 0.1) is 17.6 Å². The molecule has 0 aliphatic rings. The van der Waals surface area contributed by atoms with E-state index >= 15 is 0 Å². The molecular formula is C16H24O4S. The highest BCUT2D eigenvalue weighted by atomic mass is 32.2. The molecule has 0 heterocycles. The molecule has 0 aliphatic carbocycles. The maximum Gasteiger partial charge on any atom is 0.338 e. The summed E-state index contributed by atoms with van der Waals surface area (Å²) in [6, 6.07) is 3.43. The van der Waals surface area contributed by atoms with Gasteiger partial charge in [-0.3, -0.25) is 0 Å². The van der Waals surface area contributed by atoms with Crippen molar-refractivity contribution >= 4 is 15.8 Å². The van der Waals surface area contributed by atoms with Crippen molar-refractivity contribution in [2.45, 2.75) is 50.8 Å². The monoisotopic (exact) mass is 312 g/mol. The van der Waals surface area contributed by atoms with Gasteiger partial charge in [0, 0.05) is 6.26 Å². The smallest absolute Gasteiger partial charge is 0.338 e. The molecule has 5 heteroatoms. The number of methoxy groups -OCH3 is 1. The largest absolute Gasteiger partial charge is 0.465 e. The van der Waals surface area contributed by atoms with Crippen LogP contribution >= 0.6 is 0 Å². The predicted molar refractivity (Wildman–Crippen MR) is 83.6 cm³/mol. The molecule has 0 amide bonds. The molecule has 0 aliphatic heterocycles. The summed E-state index contributed by atoms with van der Waals surface area (Å²) in [5.74, 6) is -0.322. The molecule has 0 saturated heterocycles. The highest BCUT2D eigenvalue weighted by molar-refractivity contribution is 7.90. The summed E-state index contributed by atoms with van der Waals surface area (Å²) >= 11 is 0. The molecule has 0 N–H and O–H groups in total. The van der Waals surface area contributed by atoms with Gasteiger partial charge >= 0.3 is 5.97 Å². The van der Waals surface area contributed by atoms with Crippen molar-refractivity contribution in [3.8, 4) is 0 Å². The molecule has 0 saturated carbocycles. The number of rotatable bonds is 6. The van der Waals surface area contributed by atoms with Gasteiger partial charge in [-0.25, -0.2) is 13.2 Å². The van der Waals surface area contributed by atoms with E-state index in [2.05, 4.69) is 13.8 Å².